The lowest BCUT2D eigenvalue weighted by molar-refractivity contribution is 0.622. The van der Waals surface area contributed by atoms with E-state index in [1.165, 1.54) is 0 Å². The minimum atomic E-state index is 0.311. The molecule has 1 atom stereocenters. The lowest BCUT2D eigenvalue weighted by Gasteiger charge is -2.04. The number of rotatable bonds is 3. The van der Waals surface area contributed by atoms with E-state index in [1.54, 1.807) is 0 Å². The molecular weight excluding hydrogens is 98.1 g/mol. The first kappa shape index (κ1) is 7.52. The molecule has 0 bridgehead atoms. The predicted molar refractivity (Wildman–Crippen MR) is 36.3 cm³/mol. The van der Waals surface area contributed by atoms with Gasteiger partial charge in [0.25, 0.3) is 0 Å². The topological polar surface area (TPSA) is 12.0 Å². The summed E-state index contributed by atoms with van der Waals surface area (Å²) in [6.45, 7) is 3.79. The summed E-state index contributed by atoms with van der Waals surface area (Å²) in [5, 5.41) is 2.99. The Labute approximate surface area is 51.5 Å². The highest BCUT2D eigenvalue weighted by molar-refractivity contribution is 4.85. The van der Waals surface area contributed by atoms with E-state index in [4.69, 9.17) is 6.42 Å². The third-order valence-corrected chi connectivity index (χ3v) is 1.05. The van der Waals surface area contributed by atoms with Gasteiger partial charge in [0.05, 0.1) is 0 Å². The largest absolute Gasteiger partial charge is 0.317 e. The maximum atomic E-state index is 5.03. The van der Waals surface area contributed by atoms with E-state index in [1.807, 2.05) is 7.05 Å². The Balaban J connectivity index is 3.01. The highest BCUT2D eigenvalue weighted by atomic mass is 14.8. The molecule has 0 saturated carbocycles. The summed E-state index contributed by atoms with van der Waals surface area (Å²) < 4.78 is 0. The Morgan fingerprint density at radius 1 is 1.88 bits per heavy atom. The molecule has 0 aliphatic carbocycles. The molecule has 1 radical (unpaired) electrons. The average Bonchev–Trinajstić information content (AvgIpc) is 1.83. The zero-order valence-corrected chi connectivity index (χ0v) is 5.28. The third-order valence-electron chi connectivity index (χ3n) is 1.05. The molecule has 0 aliphatic heterocycles. The summed E-state index contributed by atoms with van der Waals surface area (Å²) >= 11 is 0. The third kappa shape index (κ3) is 3.70. The molecule has 0 aliphatic rings. The fourth-order valence-electron chi connectivity index (χ4n) is 0.402. The van der Waals surface area contributed by atoms with Crippen molar-refractivity contribution in [3.8, 4) is 12.3 Å². The Morgan fingerprint density at radius 3 is 2.88 bits per heavy atom. The first-order valence-electron chi connectivity index (χ1n) is 2.75. The van der Waals surface area contributed by atoms with Crippen LogP contribution >= 0.6 is 0 Å². The number of terminal acetylenes is 1. The zero-order chi connectivity index (χ0) is 6.41. The van der Waals surface area contributed by atoms with Gasteiger partial charge in [-0.1, -0.05) is 0 Å². The van der Waals surface area contributed by atoms with Crippen molar-refractivity contribution in [1.82, 2.24) is 5.32 Å². The van der Waals surface area contributed by atoms with Crippen LogP contribution in [0.1, 0.15) is 12.8 Å². The number of hydrogen-bond acceptors (Lipinski definition) is 1. The van der Waals surface area contributed by atoms with Gasteiger partial charge >= 0.3 is 0 Å². The molecule has 0 rings (SSSR count). The van der Waals surface area contributed by atoms with Gasteiger partial charge in [0.15, 0.2) is 0 Å². The smallest absolute Gasteiger partial charge is 0.0101 e. The second-order valence-corrected chi connectivity index (χ2v) is 1.73. The van der Waals surface area contributed by atoms with E-state index in [-0.39, 0.29) is 0 Å². The summed E-state index contributed by atoms with van der Waals surface area (Å²) in [5.41, 5.74) is 0. The van der Waals surface area contributed by atoms with Gasteiger partial charge in [0.1, 0.15) is 0 Å². The van der Waals surface area contributed by atoms with Crippen LogP contribution in [-0.2, 0) is 0 Å². The van der Waals surface area contributed by atoms with Crippen molar-refractivity contribution >= 4 is 0 Å². The minimum Gasteiger partial charge on any atom is -0.317 e. The SMILES string of the molecule is C#CCCC([CH2])NC. The molecule has 1 heteroatoms. The fraction of sp³-hybridized carbons (Fsp3) is 0.571. The van der Waals surface area contributed by atoms with Crippen LogP contribution in [-0.4, -0.2) is 13.1 Å². The van der Waals surface area contributed by atoms with Crippen molar-refractivity contribution in [2.45, 2.75) is 18.9 Å². The van der Waals surface area contributed by atoms with E-state index in [9.17, 15) is 0 Å². The van der Waals surface area contributed by atoms with Gasteiger partial charge in [-0.2, -0.15) is 0 Å². The molecule has 1 N–H and O–H groups in total. The molecule has 0 fully saturated rings. The second-order valence-electron chi connectivity index (χ2n) is 1.73. The maximum Gasteiger partial charge on any atom is 0.0101 e. The molecule has 0 saturated heterocycles. The Bertz CT molecular complexity index is 80.9. The van der Waals surface area contributed by atoms with Crippen molar-refractivity contribution < 1.29 is 0 Å². The molecule has 1 nitrogen and oxygen atoms in total. The van der Waals surface area contributed by atoms with Crippen molar-refractivity contribution in [1.29, 1.82) is 0 Å². The molecule has 0 aromatic heterocycles. The molecule has 0 aromatic rings. The van der Waals surface area contributed by atoms with E-state index in [0.29, 0.717) is 6.04 Å². The van der Waals surface area contributed by atoms with Gasteiger partial charge in [-0.05, 0) is 20.4 Å². The van der Waals surface area contributed by atoms with Crippen LogP contribution in [0.15, 0.2) is 0 Å². The van der Waals surface area contributed by atoms with Crippen molar-refractivity contribution in [2.75, 3.05) is 7.05 Å². The summed E-state index contributed by atoms with van der Waals surface area (Å²) in [4.78, 5) is 0. The molecule has 1 unspecified atom stereocenters. The molecule has 45 valence electrons. The molecular formula is C7H12N. The van der Waals surface area contributed by atoms with E-state index in [0.717, 1.165) is 12.8 Å². The van der Waals surface area contributed by atoms with Crippen LogP contribution in [0.2, 0.25) is 0 Å². The van der Waals surface area contributed by atoms with Gasteiger partial charge < -0.3 is 5.32 Å². The van der Waals surface area contributed by atoms with Gasteiger partial charge in [-0.15, -0.1) is 12.3 Å². The molecule has 0 amide bonds. The maximum absolute atomic E-state index is 5.03. The normalized spacial score (nSPS) is 12.6. The van der Waals surface area contributed by atoms with Crippen LogP contribution in [0.3, 0.4) is 0 Å². The Morgan fingerprint density at radius 2 is 2.50 bits per heavy atom. The molecule has 0 aromatic carbocycles. The van der Waals surface area contributed by atoms with E-state index in [2.05, 4.69) is 18.2 Å². The average molecular weight is 110 g/mol. The van der Waals surface area contributed by atoms with Crippen LogP contribution < -0.4 is 5.32 Å². The number of nitrogens with one attached hydrogen (secondary N) is 1. The fourth-order valence-corrected chi connectivity index (χ4v) is 0.402. The quantitative estimate of drug-likeness (QED) is 0.530. The van der Waals surface area contributed by atoms with E-state index >= 15 is 0 Å². The number of hydrogen-bond donors (Lipinski definition) is 1. The lowest BCUT2D eigenvalue weighted by Crippen LogP contribution is -2.20. The molecule has 0 spiro atoms. The standard InChI is InChI=1S/C7H12N/c1-4-5-6-7(2)8-3/h1,7-8H,2,5-6H2,3H3. The zero-order valence-electron chi connectivity index (χ0n) is 5.28. The van der Waals surface area contributed by atoms with E-state index < -0.39 is 0 Å². The first-order valence-corrected chi connectivity index (χ1v) is 2.75. The Hall–Kier alpha value is -0.480. The lowest BCUT2D eigenvalue weighted by atomic mass is 10.2. The summed E-state index contributed by atoms with van der Waals surface area (Å²) in [6.07, 6.45) is 6.81. The van der Waals surface area contributed by atoms with Crippen molar-refractivity contribution in [3.05, 3.63) is 6.92 Å². The van der Waals surface area contributed by atoms with Crippen molar-refractivity contribution in [3.63, 3.8) is 0 Å². The highest BCUT2D eigenvalue weighted by Crippen LogP contribution is 1.91. The van der Waals surface area contributed by atoms with Gasteiger partial charge in [0, 0.05) is 12.5 Å². The molecule has 0 heterocycles. The Kier molecular flexibility index (Phi) is 4.39. The molecule has 8 heavy (non-hydrogen) atoms. The van der Waals surface area contributed by atoms with Gasteiger partial charge in [0.2, 0.25) is 0 Å². The monoisotopic (exact) mass is 110 g/mol. The van der Waals surface area contributed by atoms with Crippen LogP contribution in [0, 0.1) is 19.3 Å². The summed E-state index contributed by atoms with van der Waals surface area (Å²) in [6, 6.07) is 0.311. The van der Waals surface area contributed by atoms with Crippen LogP contribution in [0.25, 0.3) is 0 Å². The van der Waals surface area contributed by atoms with Gasteiger partial charge in [-0.3, -0.25) is 0 Å². The second kappa shape index (κ2) is 4.67. The predicted octanol–water partition coefficient (Wildman–Crippen LogP) is 0.822. The van der Waals surface area contributed by atoms with Crippen LogP contribution in [0.5, 0.6) is 0 Å². The summed E-state index contributed by atoms with van der Waals surface area (Å²) in [7, 11) is 1.88. The highest BCUT2D eigenvalue weighted by Gasteiger charge is 1.92. The van der Waals surface area contributed by atoms with Crippen molar-refractivity contribution in [2.24, 2.45) is 0 Å². The van der Waals surface area contributed by atoms with Crippen LogP contribution in [0.4, 0.5) is 0 Å². The minimum absolute atomic E-state index is 0.311. The van der Waals surface area contributed by atoms with Gasteiger partial charge in [-0.25, -0.2) is 0 Å². The summed E-state index contributed by atoms with van der Waals surface area (Å²) in [5.74, 6) is 2.55. The first-order chi connectivity index (χ1) is 3.81.